The van der Waals surface area contributed by atoms with Crippen LogP contribution < -0.4 is 10.1 Å². The first-order chi connectivity index (χ1) is 14.2. The van der Waals surface area contributed by atoms with Gasteiger partial charge in [-0.1, -0.05) is 23.8 Å². The van der Waals surface area contributed by atoms with Crippen LogP contribution in [-0.4, -0.2) is 26.7 Å². The van der Waals surface area contributed by atoms with Crippen molar-refractivity contribution in [1.29, 1.82) is 0 Å². The van der Waals surface area contributed by atoms with Gasteiger partial charge in [0.05, 0.1) is 31.0 Å². The van der Waals surface area contributed by atoms with Crippen molar-refractivity contribution < 1.29 is 9.15 Å². The van der Waals surface area contributed by atoms with Crippen molar-refractivity contribution in [3.8, 4) is 17.1 Å². The summed E-state index contributed by atoms with van der Waals surface area (Å²) in [5.74, 6) is 2.84. The van der Waals surface area contributed by atoms with Gasteiger partial charge in [-0.2, -0.15) is 0 Å². The maximum atomic E-state index is 5.55. The maximum absolute atomic E-state index is 5.55. The summed E-state index contributed by atoms with van der Waals surface area (Å²) in [6.45, 7) is 2.55. The molecule has 0 aliphatic carbocycles. The number of ether oxygens (including phenoxy) is 1. The molecule has 5 rings (SSSR count). The first-order valence-electron chi connectivity index (χ1n) is 9.30. The SMILES string of the molecule is COc1ccccc1-c1nnc2c3cc(C)ccc3nc(NCc3ccco3)n12. The highest BCUT2D eigenvalue weighted by molar-refractivity contribution is 5.94. The van der Waals surface area contributed by atoms with Crippen LogP contribution in [0.15, 0.2) is 65.3 Å². The molecule has 0 saturated heterocycles. The van der Waals surface area contributed by atoms with Gasteiger partial charge in [0.15, 0.2) is 11.5 Å². The highest BCUT2D eigenvalue weighted by atomic mass is 16.5. The summed E-state index contributed by atoms with van der Waals surface area (Å²) < 4.78 is 12.9. The van der Waals surface area contributed by atoms with Crippen molar-refractivity contribution in [3.05, 3.63) is 72.2 Å². The lowest BCUT2D eigenvalue weighted by molar-refractivity contribution is 0.416. The molecule has 0 unspecified atom stereocenters. The third kappa shape index (κ3) is 2.97. The van der Waals surface area contributed by atoms with E-state index in [0.717, 1.165) is 39.2 Å². The van der Waals surface area contributed by atoms with Crippen molar-refractivity contribution in [2.75, 3.05) is 12.4 Å². The summed E-state index contributed by atoms with van der Waals surface area (Å²) in [7, 11) is 1.65. The molecule has 0 fully saturated rings. The van der Waals surface area contributed by atoms with Gasteiger partial charge in [0.2, 0.25) is 5.95 Å². The van der Waals surface area contributed by atoms with Crippen LogP contribution in [-0.2, 0) is 6.54 Å². The highest BCUT2D eigenvalue weighted by Crippen LogP contribution is 2.32. The number of anilines is 1. The van der Waals surface area contributed by atoms with Gasteiger partial charge in [0.1, 0.15) is 11.5 Å². The fourth-order valence-corrected chi connectivity index (χ4v) is 3.45. The van der Waals surface area contributed by atoms with E-state index in [1.807, 2.05) is 52.9 Å². The molecule has 7 nitrogen and oxygen atoms in total. The Morgan fingerprint density at radius 1 is 1.07 bits per heavy atom. The fraction of sp³-hybridized carbons (Fsp3) is 0.136. The first-order valence-corrected chi connectivity index (χ1v) is 9.30. The third-order valence-electron chi connectivity index (χ3n) is 4.84. The van der Waals surface area contributed by atoms with E-state index < -0.39 is 0 Å². The molecule has 0 saturated carbocycles. The molecule has 7 heteroatoms. The standard InChI is InChI=1S/C22H19N5O2/c1-14-9-10-18-17(12-14)21-26-25-20(16-7-3-4-8-19(16)28-2)27(21)22(24-18)23-13-15-6-5-11-29-15/h3-12H,13H2,1-2H3,(H,23,24). The normalized spacial score (nSPS) is 11.2. The predicted octanol–water partition coefficient (Wildman–Crippen LogP) is 4.47. The molecule has 0 amide bonds. The molecular weight excluding hydrogens is 366 g/mol. The van der Waals surface area contributed by atoms with E-state index in [-0.39, 0.29) is 0 Å². The lowest BCUT2D eigenvalue weighted by Gasteiger charge is -2.12. The van der Waals surface area contributed by atoms with Crippen LogP contribution >= 0.6 is 0 Å². The van der Waals surface area contributed by atoms with Crippen molar-refractivity contribution in [1.82, 2.24) is 19.6 Å². The zero-order valence-corrected chi connectivity index (χ0v) is 16.1. The summed E-state index contributed by atoms with van der Waals surface area (Å²) in [5, 5.41) is 13.3. The number of furan rings is 1. The Morgan fingerprint density at radius 2 is 1.97 bits per heavy atom. The van der Waals surface area contributed by atoms with Crippen LogP contribution in [0.2, 0.25) is 0 Å². The first kappa shape index (κ1) is 17.2. The number of nitrogens with one attached hydrogen (secondary N) is 1. The lowest BCUT2D eigenvalue weighted by Crippen LogP contribution is -2.08. The third-order valence-corrected chi connectivity index (χ3v) is 4.84. The van der Waals surface area contributed by atoms with E-state index in [2.05, 4.69) is 28.5 Å². The molecule has 29 heavy (non-hydrogen) atoms. The molecule has 3 aromatic heterocycles. The summed E-state index contributed by atoms with van der Waals surface area (Å²) in [5.41, 5.74) is 3.57. The summed E-state index contributed by atoms with van der Waals surface area (Å²) in [4.78, 5) is 4.85. The van der Waals surface area contributed by atoms with E-state index >= 15 is 0 Å². The van der Waals surface area contributed by atoms with Gasteiger partial charge in [-0.05, 0) is 43.3 Å². The average molecular weight is 385 g/mol. The van der Waals surface area contributed by atoms with Crippen LogP contribution in [0.5, 0.6) is 5.75 Å². The van der Waals surface area contributed by atoms with Crippen LogP contribution in [0.25, 0.3) is 27.9 Å². The Labute approximate surface area is 167 Å². The summed E-state index contributed by atoms with van der Waals surface area (Å²) in [6.07, 6.45) is 1.65. The Morgan fingerprint density at radius 3 is 2.79 bits per heavy atom. The Balaban J connectivity index is 1.76. The second-order valence-corrected chi connectivity index (χ2v) is 6.77. The topological polar surface area (TPSA) is 77.5 Å². The quantitative estimate of drug-likeness (QED) is 0.481. The molecule has 0 bridgehead atoms. The van der Waals surface area contributed by atoms with Crippen LogP contribution in [0.3, 0.4) is 0 Å². The van der Waals surface area contributed by atoms with Crippen LogP contribution in [0.4, 0.5) is 5.95 Å². The molecule has 0 aliphatic heterocycles. The number of fused-ring (bicyclic) bond motifs is 3. The van der Waals surface area contributed by atoms with E-state index in [0.29, 0.717) is 18.3 Å². The highest BCUT2D eigenvalue weighted by Gasteiger charge is 2.19. The Hall–Kier alpha value is -3.87. The number of nitrogens with zero attached hydrogens (tertiary/aromatic N) is 4. The van der Waals surface area contributed by atoms with Gasteiger partial charge >= 0.3 is 0 Å². The van der Waals surface area contributed by atoms with Crippen molar-refractivity contribution in [3.63, 3.8) is 0 Å². The number of methoxy groups -OCH3 is 1. The van der Waals surface area contributed by atoms with Gasteiger partial charge in [0, 0.05) is 5.39 Å². The zero-order chi connectivity index (χ0) is 19.8. The Kier molecular flexibility index (Phi) is 4.13. The van der Waals surface area contributed by atoms with Gasteiger partial charge in [-0.25, -0.2) is 9.38 Å². The minimum absolute atomic E-state index is 0.496. The average Bonchev–Trinajstić information content (AvgIpc) is 3.42. The smallest absolute Gasteiger partial charge is 0.211 e. The number of aryl methyl sites for hydroxylation is 1. The molecule has 5 aromatic rings. The van der Waals surface area contributed by atoms with Crippen molar-refractivity contribution in [2.45, 2.75) is 13.5 Å². The minimum Gasteiger partial charge on any atom is -0.496 e. The number of rotatable bonds is 5. The van der Waals surface area contributed by atoms with Gasteiger partial charge in [-0.3, -0.25) is 0 Å². The van der Waals surface area contributed by atoms with E-state index in [4.69, 9.17) is 14.1 Å². The summed E-state index contributed by atoms with van der Waals surface area (Å²) in [6, 6.07) is 17.7. The molecule has 0 atom stereocenters. The summed E-state index contributed by atoms with van der Waals surface area (Å²) >= 11 is 0. The van der Waals surface area contributed by atoms with Gasteiger partial charge < -0.3 is 14.5 Å². The second kappa shape index (κ2) is 6.94. The van der Waals surface area contributed by atoms with Crippen molar-refractivity contribution >= 4 is 22.5 Å². The number of para-hydroxylation sites is 1. The van der Waals surface area contributed by atoms with E-state index in [1.165, 1.54) is 0 Å². The molecule has 0 aliphatic rings. The predicted molar refractivity (Wildman–Crippen MR) is 111 cm³/mol. The molecular formula is C22H19N5O2. The fourth-order valence-electron chi connectivity index (χ4n) is 3.45. The monoisotopic (exact) mass is 385 g/mol. The molecule has 1 N–H and O–H groups in total. The van der Waals surface area contributed by atoms with E-state index in [9.17, 15) is 0 Å². The Bertz CT molecular complexity index is 1310. The lowest BCUT2D eigenvalue weighted by atomic mass is 10.1. The molecule has 0 radical (unpaired) electrons. The number of benzene rings is 2. The number of hydrogen-bond acceptors (Lipinski definition) is 6. The second-order valence-electron chi connectivity index (χ2n) is 6.77. The van der Waals surface area contributed by atoms with Crippen molar-refractivity contribution in [2.24, 2.45) is 0 Å². The maximum Gasteiger partial charge on any atom is 0.211 e. The van der Waals surface area contributed by atoms with Gasteiger partial charge in [-0.15, -0.1) is 10.2 Å². The number of aromatic nitrogens is 4. The molecule has 3 heterocycles. The molecule has 0 spiro atoms. The number of hydrogen-bond donors (Lipinski definition) is 1. The largest absolute Gasteiger partial charge is 0.496 e. The zero-order valence-electron chi connectivity index (χ0n) is 16.1. The van der Waals surface area contributed by atoms with Gasteiger partial charge in [0.25, 0.3) is 0 Å². The van der Waals surface area contributed by atoms with Crippen LogP contribution in [0, 0.1) is 6.92 Å². The minimum atomic E-state index is 0.496. The van der Waals surface area contributed by atoms with Crippen LogP contribution in [0.1, 0.15) is 11.3 Å². The molecule has 144 valence electrons. The van der Waals surface area contributed by atoms with E-state index in [1.54, 1.807) is 13.4 Å². The molecule has 2 aromatic carbocycles.